The van der Waals surface area contributed by atoms with Crippen LogP contribution in [0.3, 0.4) is 0 Å². The number of amides is 1. The molecular formula is C27H23N3O2S. The van der Waals surface area contributed by atoms with Crippen LogP contribution in [-0.4, -0.2) is 23.0 Å². The highest BCUT2D eigenvalue weighted by molar-refractivity contribution is 7.22. The molecular weight excluding hydrogens is 430 g/mol. The summed E-state index contributed by atoms with van der Waals surface area (Å²) in [6.07, 6.45) is 3.51. The molecule has 0 atom stereocenters. The van der Waals surface area contributed by atoms with Gasteiger partial charge in [-0.3, -0.25) is 14.7 Å². The Labute approximate surface area is 196 Å². The van der Waals surface area contributed by atoms with Crippen LogP contribution in [-0.2, 0) is 6.54 Å². The normalized spacial score (nSPS) is 11.1. The van der Waals surface area contributed by atoms with Crippen LogP contribution in [0, 0.1) is 13.8 Å². The molecule has 0 N–H and O–H groups in total. The Morgan fingerprint density at radius 3 is 2.55 bits per heavy atom. The lowest BCUT2D eigenvalue weighted by Gasteiger charge is -2.21. The summed E-state index contributed by atoms with van der Waals surface area (Å²) in [5.41, 5.74) is 4.64. The van der Waals surface area contributed by atoms with Gasteiger partial charge in [0.05, 0.1) is 29.4 Å². The molecule has 5 nitrogen and oxygen atoms in total. The Morgan fingerprint density at radius 2 is 1.82 bits per heavy atom. The van der Waals surface area contributed by atoms with Gasteiger partial charge in [-0.1, -0.05) is 47.7 Å². The Morgan fingerprint density at radius 1 is 1.03 bits per heavy atom. The average molecular weight is 454 g/mol. The van der Waals surface area contributed by atoms with E-state index >= 15 is 0 Å². The van der Waals surface area contributed by atoms with E-state index in [1.54, 1.807) is 24.4 Å². The number of carbonyl (C=O) groups excluding carboxylic acids is 1. The van der Waals surface area contributed by atoms with E-state index in [9.17, 15) is 4.79 Å². The van der Waals surface area contributed by atoms with E-state index in [-0.39, 0.29) is 5.91 Å². The zero-order chi connectivity index (χ0) is 22.9. The fourth-order valence-corrected chi connectivity index (χ4v) is 5.22. The molecule has 2 heterocycles. The van der Waals surface area contributed by atoms with E-state index in [1.165, 1.54) is 16.9 Å². The minimum atomic E-state index is -0.158. The van der Waals surface area contributed by atoms with Gasteiger partial charge in [0, 0.05) is 12.4 Å². The van der Waals surface area contributed by atoms with Crippen molar-refractivity contribution in [3.05, 3.63) is 95.3 Å². The lowest BCUT2D eigenvalue weighted by atomic mass is 10.0. The zero-order valence-electron chi connectivity index (χ0n) is 18.7. The molecule has 3 aromatic carbocycles. The monoisotopic (exact) mass is 453 g/mol. The van der Waals surface area contributed by atoms with Gasteiger partial charge in [0.2, 0.25) is 0 Å². The molecule has 0 bridgehead atoms. The van der Waals surface area contributed by atoms with Crippen LogP contribution in [0.25, 0.3) is 21.0 Å². The number of thiazole rings is 1. The van der Waals surface area contributed by atoms with Crippen LogP contribution in [0.4, 0.5) is 5.13 Å². The Hall–Kier alpha value is -3.77. The molecule has 0 aliphatic carbocycles. The second-order valence-electron chi connectivity index (χ2n) is 8.08. The van der Waals surface area contributed by atoms with Crippen molar-refractivity contribution in [3.63, 3.8) is 0 Å². The van der Waals surface area contributed by atoms with Crippen molar-refractivity contribution in [1.82, 2.24) is 9.97 Å². The second-order valence-corrected chi connectivity index (χ2v) is 9.09. The van der Waals surface area contributed by atoms with Crippen LogP contribution < -0.4 is 9.64 Å². The first kappa shape index (κ1) is 21.1. The number of benzene rings is 3. The summed E-state index contributed by atoms with van der Waals surface area (Å²) in [6.45, 7) is 4.49. The lowest BCUT2D eigenvalue weighted by molar-refractivity contribution is 0.0982. The zero-order valence-corrected chi connectivity index (χ0v) is 19.5. The Balaban J connectivity index is 1.65. The van der Waals surface area contributed by atoms with Crippen LogP contribution in [0.15, 0.2) is 73.1 Å². The van der Waals surface area contributed by atoms with Gasteiger partial charge in [0.25, 0.3) is 5.91 Å². The fraction of sp³-hybridized carbons (Fsp3) is 0.148. The largest absolute Gasteiger partial charge is 0.496 e. The van der Waals surface area contributed by atoms with Gasteiger partial charge in [-0.15, -0.1) is 0 Å². The number of hydrogen-bond acceptors (Lipinski definition) is 5. The summed E-state index contributed by atoms with van der Waals surface area (Å²) in [5, 5.41) is 2.66. The number of fused-ring (bicyclic) bond motifs is 2. The predicted octanol–water partition coefficient (Wildman–Crippen LogP) is 6.32. The summed E-state index contributed by atoms with van der Waals surface area (Å²) in [6, 6.07) is 19.8. The van der Waals surface area contributed by atoms with Crippen LogP contribution in [0.2, 0.25) is 0 Å². The van der Waals surface area contributed by atoms with E-state index in [4.69, 9.17) is 9.72 Å². The average Bonchev–Trinajstić information content (AvgIpc) is 3.26. The molecule has 2 aromatic heterocycles. The molecule has 1 amide bonds. The number of anilines is 1. The highest BCUT2D eigenvalue weighted by Gasteiger charge is 2.25. The van der Waals surface area contributed by atoms with E-state index in [0.717, 1.165) is 32.1 Å². The van der Waals surface area contributed by atoms with Gasteiger partial charge in [-0.05, 0) is 65.6 Å². The number of hydrogen-bond donors (Lipinski definition) is 0. The van der Waals surface area contributed by atoms with Gasteiger partial charge in [-0.25, -0.2) is 4.98 Å². The third-order valence-electron chi connectivity index (χ3n) is 5.66. The van der Waals surface area contributed by atoms with Crippen molar-refractivity contribution in [2.75, 3.05) is 12.0 Å². The minimum Gasteiger partial charge on any atom is -0.496 e. The number of ether oxygens (including phenoxy) is 1. The third kappa shape index (κ3) is 4.05. The highest BCUT2D eigenvalue weighted by Crippen LogP contribution is 2.35. The third-order valence-corrected chi connectivity index (χ3v) is 6.68. The van der Waals surface area contributed by atoms with Gasteiger partial charge < -0.3 is 4.74 Å². The first-order valence-electron chi connectivity index (χ1n) is 10.7. The molecule has 33 heavy (non-hydrogen) atoms. The number of rotatable bonds is 5. The summed E-state index contributed by atoms with van der Waals surface area (Å²) >= 11 is 1.53. The van der Waals surface area contributed by atoms with Crippen molar-refractivity contribution in [2.45, 2.75) is 20.4 Å². The maximum absolute atomic E-state index is 14.0. The molecule has 0 aliphatic rings. The number of nitrogens with zero attached hydrogens (tertiary/aromatic N) is 3. The Bertz CT molecular complexity index is 1480. The molecule has 5 aromatic rings. The van der Waals surface area contributed by atoms with Crippen molar-refractivity contribution >= 4 is 43.4 Å². The van der Waals surface area contributed by atoms with E-state index in [0.29, 0.717) is 23.0 Å². The molecule has 6 heteroatoms. The molecule has 0 fully saturated rings. The summed E-state index contributed by atoms with van der Waals surface area (Å²) < 4.78 is 6.69. The topological polar surface area (TPSA) is 55.3 Å². The summed E-state index contributed by atoms with van der Waals surface area (Å²) in [7, 11) is 1.59. The van der Waals surface area contributed by atoms with Gasteiger partial charge in [0.15, 0.2) is 5.13 Å². The van der Waals surface area contributed by atoms with Gasteiger partial charge >= 0.3 is 0 Å². The lowest BCUT2D eigenvalue weighted by Crippen LogP contribution is -2.30. The van der Waals surface area contributed by atoms with Crippen molar-refractivity contribution < 1.29 is 9.53 Å². The summed E-state index contributed by atoms with van der Waals surface area (Å²) in [4.78, 5) is 24.8. The molecule has 0 unspecified atom stereocenters. The number of aryl methyl sites for hydroxylation is 2. The van der Waals surface area contributed by atoms with Crippen molar-refractivity contribution in [1.29, 1.82) is 0 Å². The fourth-order valence-electron chi connectivity index (χ4n) is 4.08. The quantitative estimate of drug-likeness (QED) is 0.313. The number of pyridine rings is 1. The molecule has 5 rings (SSSR count). The smallest absolute Gasteiger partial charge is 0.264 e. The van der Waals surface area contributed by atoms with Crippen LogP contribution >= 0.6 is 11.3 Å². The molecule has 0 aliphatic heterocycles. The Kier molecular flexibility index (Phi) is 5.52. The van der Waals surface area contributed by atoms with Crippen molar-refractivity contribution in [2.24, 2.45) is 0 Å². The van der Waals surface area contributed by atoms with Crippen LogP contribution in [0.1, 0.15) is 27.0 Å². The molecule has 0 saturated heterocycles. The van der Waals surface area contributed by atoms with Gasteiger partial charge in [0.1, 0.15) is 5.75 Å². The number of methoxy groups -OCH3 is 1. The first-order chi connectivity index (χ1) is 16.0. The highest BCUT2D eigenvalue weighted by atomic mass is 32.1. The maximum atomic E-state index is 14.0. The summed E-state index contributed by atoms with van der Waals surface area (Å²) in [5.74, 6) is 0.387. The molecule has 164 valence electrons. The van der Waals surface area contributed by atoms with E-state index in [2.05, 4.69) is 31.0 Å². The maximum Gasteiger partial charge on any atom is 0.264 e. The standard InChI is InChI=1S/C27H23N3O2S/c1-17-11-18(2)25-24(12-17)33-27(29-25)30(16-19-7-6-10-28-15-19)26(31)22-13-20-8-4-5-9-21(20)14-23(22)32-3/h4-15H,16H2,1-3H3. The van der Waals surface area contributed by atoms with Crippen molar-refractivity contribution in [3.8, 4) is 5.75 Å². The predicted molar refractivity (Wildman–Crippen MR) is 134 cm³/mol. The molecule has 0 spiro atoms. The SMILES string of the molecule is COc1cc2ccccc2cc1C(=O)N(Cc1cccnc1)c1nc2c(C)cc(C)cc2s1. The van der Waals surface area contributed by atoms with E-state index < -0.39 is 0 Å². The molecule has 0 saturated carbocycles. The van der Waals surface area contributed by atoms with E-state index in [1.807, 2.05) is 48.5 Å². The number of aromatic nitrogens is 2. The number of carbonyl (C=O) groups is 1. The van der Waals surface area contributed by atoms with Gasteiger partial charge in [-0.2, -0.15) is 0 Å². The van der Waals surface area contributed by atoms with Crippen LogP contribution in [0.5, 0.6) is 5.75 Å². The first-order valence-corrected chi connectivity index (χ1v) is 11.5. The minimum absolute atomic E-state index is 0.158. The second kappa shape index (κ2) is 8.64. The molecule has 0 radical (unpaired) electrons.